The topological polar surface area (TPSA) is 31.3 Å². The maximum atomic E-state index is 6.43. The van der Waals surface area contributed by atoms with Crippen molar-refractivity contribution in [1.82, 2.24) is 0 Å². The van der Waals surface area contributed by atoms with E-state index >= 15 is 0 Å². The summed E-state index contributed by atoms with van der Waals surface area (Å²) in [5.41, 5.74) is 0. The van der Waals surface area contributed by atoms with Crippen LogP contribution in [0.2, 0.25) is 0 Å². The fourth-order valence-electron chi connectivity index (χ4n) is 5.85. The van der Waals surface area contributed by atoms with Gasteiger partial charge in [0, 0.05) is 38.5 Å². The van der Waals surface area contributed by atoms with Crippen LogP contribution in [0.3, 0.4) is 0 Å². The summed E-state index contributed by atoms with van der Waals surface area (Å²) in [6, 6.07) is 0. The molecule has 136 valence electrons. The zero-order valence-corrected chi connectivity index (χ0v) is 15.7. The zero-order chi connectivity index (χ0) is 15.9. The van der Waals surface area contributed by atoms with Crippen molar-refractivity contribution in [2.45, 2.75) is 124 Å². The molecule has 1 N–H and O–H groups in total. The van der Waals surface area contributed by atoms with Crippen LogP contribution in [0.15, 0.2) is 0 Å². The molecular weight excluding hydrogens is 320 g/mol. The Balaban J connectivity index is 1.27. The van der Waals surface area contributed by atoms with E-state index in [-0.39, 0.29) is 0 Å². The quantitative estimate of drug-likeness (QED) is 0.494. The second kappa shape index (κ2) is 7.09. The van der Waals surface area contributed by atoms with Gasteiger partial charge in [0.15, 0.2) is 12.2 Å². The minimum absolute atomic E-state index is 0.497. The highest BCUT2D eigenvalue weighted by atomic mass is 32.2. The first-order valence-corrected chi connectivity index (χ1v) is 11.5. The molecule has 5 saturated heterocycles. The average Bonchev–Trinajstić information content (AvgIpc) is 3.32. The Labute approximate surface area is 150 Å². The summed E-state index contributed by atoms with van der Waals surface area (Å²) in [4.78, 5) is 0. The third-order valence-corrected chi connectivity index (χ3v) is 8.82. The van der Waals surface area contributed by atoms with Gasteiger partial charge in [0.25, 0.3) is 0 Å². The Morgan fingerprint density at radius 3 is 1.50 bits per heavy atom. The second-order valence-corrected chi connectivity index (χ2v) is 10.7. The first-order valence-electron chi connectivity index (χ1n) is 10.5. The van der Waals surface area contributed by atoms with E-state index in [9.17, 15) is 0 Å². The molecule has 8 unspecified atom stereocenters. The number of hydrogen-bond donors (Lipinski definition) is 0. The van der Waals surface area contributed by atoms with Crippen LogP contribution >= 0.6 is 0 Å². The number of hydrogen-bond acceptors (Lipinski definition) is 2. The zero-order valence-electron chi connectivity index (χ0n) is 14.8. The molecule has 4 heteroatoms. The minimum atomic E-state index is 0.497. The highest BCUT2D eigenvalue weighted by Crippen LogP contribution is 2.37. The molecule has 0 saturated carbocycles. The molecule has 5 aliphatic rings. The van der Waals surface area contributed by atoms with Crippen molar-refractivity contribution < 1.29 is 14.2 Å². The van der Waals surface area contributed by atoms with E-state index in [1.54, 1.807) is 11.8 Å². The number of fused-ring (bicyclic) bond motifs is 8. The lowest BCUT2D eigenvalue weighted by molar-refractivity contribution is -0.144. The number of thiol groups is 1. The molecule has 8 atom stereocenters. The number of rotatable bonds is 0. The van der Waals surface area contributed by atoms with E-state index in [4.69, 9.17) is 14.2 Å². The van der Waals surface area contributed by atoms with Crippen LogP contribution < -0.4 is 0 Å². The lowest BCUT2D eigenvalue weighted by Crippen LogP contribution is -2.27. The molecule has 0 radical (unpaired) electrons. The van der Waals surface area contributed by atoms with Crippen LogP contribution in [0.5, 0.6) is 0 Å². The Kier molecular flexibility index (Phi) is 4.85. The number of ether oxygens (including phenoxy) is 3. The summed E-state index contributed by atoms with van der Waals surface area (Å²) in [6.07, 6.45) is 18.8. The molecule has 0 aromatic heterocycles. The van der Waals surface area contributed by atoms with Gasteiger partial charge < -0.3 is 14.2 Å². The van der Waals surface area contributed by atoms with Gasteiger partial charge in [-0.3, -0.25) is 0 Å². The van der Waals surface area contributed by atoms with Crippen molar-refractivity contribution in [2.75, 3.05) is 0 Å². The maximum absolute atomic E-state index is 6.43. The predicted octanol–water partition coefficient (Wildman–Crippen LogP) is 3.06. The molecule has 0 amide bonds. The molecule has 5 rings (SSSR count). The molecule has 0 aromatic rings. The molecule has 8 bridgehead atoms. The summed E-state index contributed by atoms with van der Waals surface area (Å²) in [7, 11) is 0. The Hall–Kier alpha value is 0.230. The molecule has 5 fully saturated rings. The van der Waals surface area contributed by atoms with Gasteiger partial charge in [0.1, 0.15) is 10.5 Å². The number of aliphatic hydroxyl groups is 2. The molecule has 0 aliphatic carbocycles. The Morgan fingerprint density at radius 1 is 0.542 bits per heavy atom. The van der Waals surface area contributed by atoms with Gasteiger partial charge in [-0.2, -0.15) is 0 Å². The van der Waals surface area contributed by atoms with Crippen LogP contribution in [-0.2, 0) is 21.2 Å². The molecular formula is C20H34O3S+2. The van der Waals surface area contributed by atoms with Gasteiger partial charge in [-0.25, -0.2) is 0 Å². The van der Waals surface area contributed by atoms with E-state index in [1.165, 1.54) is 77.0 Å². The molecule has 24 heavy (non-hydrogen) atoms. The van der Waals surface area contributed by atoms with E-state index in [0.29, 0.717) is 36.6 Å². The lowest BCUT2D eigenvalue weighted by Gasteiger charge is -2.19. The average molecular weight is 355 g/mol. The molecule has 5 aliphatic heterocycles. The summed E-state index contributed by atoms with van der Waals surface area (Å²) in [5.74, 6) is 0. The van der Waals surface area contributed by atoms with Crippen LogP contribution in [0.25, 0.3) is 0 Å². The van der Waals surface area contributed by atoms with Crippen molar-refractivity contribution in [1.29, 1.82) is 0 Å². The third kappa shape index (κ3) is 3.67. The maximum Gasteiger partial charge on any atom is 0.157 e. The smallest absolute Gasteiger partial charge is 0.157 e. The van der Waals surface area contributed by atoms with E-state index in [1.807, 2.05) is 0 Å². The Morgan fingerprint density at radius 2 is 1.00 bits per heavy atom. The lowest BCUT2D eigenvalue weighted by atomic mass is 10.0. The largest absolute Gasteiger partial charge is 0.429 e. The van der Waals surface area contributed by atoms with E-state index < -0.39 is 0 Å². The van der Waals surface area contributed by atoms with Gasteiger partial charge in [0.2, 0.25) is 0 Å². The predicted molar refractivity (Wildman–Crippen MR) is 98.9 cm³/mol. The minimum Gasteiger partial charge on any atom is -0.429 e. The van der Waals surface area contributed by atoms with Crippen molar-refractivity contribution in [3.63, 3.8) is 0 Å². The van der Waals surface area contributed by atoms with Gasteiger partial charge in [0.05, 0.1) is 24.4 Å². The molecule has 3 nitrogen and oxygen atoms in total. The summed E-state index contributed by atoms with van der Waals surface area (Å²) >= 11 is 1.71. The highest BCUT2D eigenvalue weighted by molar-refractivity contribution is 7.80. The summed E-state index contributed by atoms with van der Waals surface area (Å²) < 4.78 is 18.0. The summed E-state index contributed by atoms with van der Waals surface area (Å²) in [6.45, 7) is 0. The second-order valence-electron chi connectivity index (χ2n) is 8.93. The fraction of sp³-hybridized carbons (Fsp3) is 1.00. The standard InChI is InChI=1S/C20H32O3S/c1-2-14-10-16-4-6-18(23-16)12-20-8-7-19(24-20)11-17-5-3-15(22-17)9-13(1)21-14/h13-20H,1-12H2/p+2. The first kappa shape index (κ1) is 16.4. The highest BCUT2D eigenvalue weighted by Gasteiger charge is 2.42. The first-order chi connectivity index (χ1) is 11.8. The van der Waals surface area contributed by atoms with Crippen LogP contribution in [0.1, 0.15) is 77.0 Å². The van der Waals surface area contributed by atoms with Gasteiger partial charge in [-0.15, -0.1) is 0 Å². The Bertz CT molecular complexity index is 333. The third-order valence-electron chi connectivity index (χ3n) is 7.04. The van der Waals surface area contributed by atoms with Crippen molar-refractivity contribution >= 4 is 11.8 Å². The normalized spacial score (nSPS) is 52.0. The summed E-state index contributed by atoms with van der Waals surface area (Å²) in [5, 5.41) is 1.79. The van der Waals surface area contributed by atoms with E-state index in [0.717, 1.165) is 10.5 Å². The molecule has 5 heterocycles. The van der Waals surface area contributed by atoms with Crippen LogP contribution in [-0.4, -0.2) is 51.9 Å². The van der Waals surface area contributed by atoms with Gasteiger partial charge in [-0.1, -0.05) is 0 Å². The SMILES string of the molecule is C1CC2CC3CCC(CC4CCC(CC5CCC(CC1O2)[OH+]5)O4)[SH+]3. The van der Waals surface area contributed by atoms with Gasteiger partial charge >= 0.3 is 0 Å². The fourth-order valence-corrected chi connectivity index (χ4v) is 7.75. The van der Waals surface area contributed by atoms with Crippen molar-refractivity contribution in [3.05, 3.63) is 0 Å². The van der Waals surface area contributed by atoms with Gasteiger partial charge in [-0.05, 0) is 50.3 Å². The van der Waals surface area contributed by atoms with Crippen molar-refractivity contribution in [3.8, 4) is 0 Å². The van der Waals surface area contributed by atoms with E-state index in [2.05, 4.69) is 0 Å². The van der Waals surface area contributed by atoms with Crippen molar-refractivity contribution in [2.24, 2.45) is 0 Å². The van der Waals surface area contributed by atoms with Crippen LogP contribution in [0, 0.1) is 0 Å². The van der Waals surface area contributed by atoms with Crippen LogP contribution in [0.4, 0.5) is 0 Å². The monoisotopic (exact) mass is 354 g/mol. The molecule has 0 aromatic carbocycles. The molecule has 0 spiro atoms.